The lowest BCUT2D eigenvalue weighted by atomic mass is 9.99. The van der Waals surface area contributed by atoms with Gasteiger partial charge in [0.2, 0.25) is 5.88 Å². The number of aromatic nitrogens is 3. The maximum atomic E-state index is 12.8. The minimum absolute atomic E-state index is 0.0925. The van der Waals surface area contributed by atoms with Gasteiger partial charge in [-0.05, 0) is 81.8 Å². The molecule has 42 heavy (non-hydrogen) atoms. The summed E-state index contributed by atoms with van der Waals surface area (Å²) in [5, 5.41) is 3.49. The van der Waals surface area contributed by atoms with E-state index in [1.165, 1.54) is 11.1 Å². The summed E-state index contributed by atoms with van der Waals surface area (Å²) in [6, 6.07) is 8.55. The summed E-state index contributed by atoms with van der Waals surface area (Å²) in [7, 11) is 1.66. The van der Waals surface area contributed by atoms with Gasteiger partial charge >= 0.3 is 0 Å². The van der Waals surface area contributed by atoms with Crippen LogP contribution in [-0.4, -0.2) is 77.8 Å². The van der Waals surface area contributed by atoms with Crippen molar-refractivity contribution in [2.45, 2.75) is 65.6 Å². The van der Waals surface area contributed by atoms with Gasteiger partial charge in [-0.15, -0.1) is 0 Å². The highest BCUT2D eigenvalue weighted by Gasteiger charge is 2.28. The zero-order chi connectivity index (χ0) is 30.1. The molecule has 9 nitrogen and oxygen atoms in total. The number of nitrogens with one attached hydrogen (secondary N) is 1. The summed E-state index contributed by atoms with van der Waals surface area (Å²) < 4.78 is 10.8. The second-order valence-corrected chi connectivity index (χ2v) is 11.4. The number of likely N-dealkylation sites (tertiary alicyclic amines) is 1. The second kappa shape index (κ2) is 15.3. The zero-order valence-corrected chi connectivity index (χ0v) is 26.2. The molecule has 226 valence electrons. The van der Waals surface area contributed by atoms with Crippen LogP contribution in [0.5, 0.6) is 5.88 Å². The van der Waals surface area contributed by atoms with Crippen molar-refractivity contribution in [1.29, 1.82) is 0 Å². The first-order valence-corrected chi connectivity index (χ1v) is 15.0. The van der Waals surface area contributed by atoms with E-state index < -0.39 is 0 Å². The molecule has 1 unspecified atom stereocenters. The van der Waals surface area contributed by atoms with Crippen molar-refractivity contribution in [2.75, 3.05) is 44.9 Å². The summed E-state index contributed by atoms with van der Waals surface area (Å²) in [5.74, 6) is 0.506. The van der Waals surface area contributed by atoms with Gasteiger partial charge in [-0.2, -0.15) is 0 Å². The molecule has 4 heterocycles. The van der Waals surface area contributed by atoms with Crippen LogP contribution in [0.25, 0.3) is 0 Å². The van der Waals surface area contributed by atoms with Gasteiger partial charge in [0.05, 0.1) is 29.7 Å². The molecule has 1 aliphatic rings. The standard InChI is InChI=1S/C32H43ClN6O3/c1-22-8-12-34-19-26(22)21-39(28-6-7-30(36-20-28)42-17-16-41-5)27-10-14-38(15-11-27)24(3)9-13-35-32(40)31-23(2)18-29(33)37-25(31)4/h6-8,12,18-20,24,27H,9-11,13-17,21H2,1-5H3,(H,35,40). The largest absolute Gasteiger partial charge is 0.475 e. The first-order chi connectivity index (χ1) is 20.3. The molecule has 10 heteroatoms. The molecule has 1 atom stereocenters. The minimum Gasteiger partial charge on any atom is -0.475 e. The van der Waals surface area contributed by atoms with Crippen LogP contribution in [-0.2, 0) is 11.3 Å². The molecular formula is C32H43ClN6O3. The van der Waals surface area contributed by atoms with Crippen molar-refractivity contribution in [3.63, 3.8) is 0 Å². The highest BCUT2D eigenvalue weighted by molar-refractivity contribution is 6.29. The molecule has 0 aromatic carbocycles. The maximum absolute atomic E-state index is 12.8. The first kappa shape index (κ1) is 31.7. The van der Waals surface area contributed by atoms with Gasteiger partial charge in [-0.25, -0.2) is 9.97 Å². The summed E-state index contributed by atoms with van der Waals surface area (Å²) in [6.07, 6.45) is 8.67. The Bertz CT molecular complexity index is 1290. The van der Waals surface area contributed by atoms with Crippen molar-refractivity contribution < 1.29 is 14.3 Å². The molecule has 1 saturated heterocycles. The van der Waals surface area contributed by atoms with E-state index in [4.69, 9.17) is 21.1 Å². The Morgan fingerprint density at radius 3 is 2.60 bits per heavy atom. The van der Waals surface area contributed by atoms with Crippen molar-refractivity contribution in [2.24, 2.45) is 0 Å². The monoisotopic (exact) mass is 594 g/mol. The van der Waals surface area contributed by atoms with Crippen LogP contribution in [0.3, 0.4) is 0 Å². The molecule has 0 radical (unpaired) electrons. The number of hydrogen-bond donors (Lipinski definition) is 1. The normalized spacial score (nSPS) is 14.9. The van der Waals surface area contributed by atoms with Gasteiger partial charge in [-0.3, -0.25) is 9.78 Å². The van der Waals surface area contributed by atoms with Crippen molar-refractivity contribution in [1.82, 2.24) is 25.2 Å². The molecule has 0 aliphatic carbocycles. The van der Waals surface area contributed by atoms with Crippen LogP contribution in [0, 0.1) is 20.8 Å². The van der Waals surface area contributed by atoms with Crippen LogP contribution in [0.15, 0.2) is 42.9 Å². The quantitative estimate of drug-likeness (QED) is 0.214. The third kappa shape index (κ3) is 8.40. The molecule has 3 aromatic rings. The Hall–Kier alpha value is -3.27. The lowest BCUT2D eigenvalue weighted by Crippen LogP contribution is -2.48. The first-order valence-electron chi connectivity index (χ1n) is 14.7. The minimum atomic E-state index is -0.0925. The van der Waals surface area contributed by atoms with E-state index in [1.807, 2.05) is 38.5 Å². The van der Waals surface area contributed by atoms with Gasteiger partial charge in [0.1, 0.15) is 11.8 Å². The molecule has 1 fully saturated rings. The molecule has 1 aliphatic heterocycles. The van der Waals surface area contributed by atoms with Gasteiger partial charge in [0, 0.05) is 63.8 Å². The summed E-state index contributed by atoms with van der Waals surface area (Å²) in [5.41, 5.74) is 5.63. The number of hydrogen-bond acceptors (Lipinski definition) is 8. The third-order valence-corrected chi connectivity index (χ3v) is 8.28. The molecule has 3 aromatic heterocycles. The van der Waals surface area contributed by atoms with E-state index >= 15 is 0 Å². The van der Waals surface area contributed by atoms with Crippen molar-refractivity contribution in [3.8, 4) is 5.88 Å². The fraction of sp³-hybridized carbons (Fsp3) is 0.500. The molecule has 1 amide bonds. The predicted octanol–water partition coefficient (Wildman–Crippen LogP) is 5.16. The van der Waals surface area contributed by atoms with E-state index in [9.17, 15) is 4.79 Å². The predicted molar refractivity (Wildman–Crippen MR) is 166 cm³/mol. The number of amides is 1. The highest BCUT2D eigenvalue weighted by Crippen LogP contribution is 2.28. The third-order valence-electron chi connectivity index (χ3n) is 8.08. The number of nitrogens with zero attached hydrogens (tertiary/aromatic N) is 5. The topological polar surface area (TPSA) is 92.7 Å². The molecular weight excluding hydrogens is 552 g/mol. The number of methoxy groups -OCH3 is 1. The zero-order valence-electron chi connectivity index (χ0n) is 25.4. The summed E-state index contributed by atoms with van der Waals surface area (Å²) in [6.45, 7) is 12.5. The average Bonchev–Trinajstić information content (AvgIpc) is 2.97. The number of piperidine rings is 1. The Morgan fingerprint density at radius 2 is 1.93 bits per heavy atom. The molecule has 1 N–H and O–H groups in total. The van der Waals surface area contributed by atoms with E-state index in [0.29, 0.717) is 54.1 Å². The van der Waals surface area contributed by atoms with E-state index in [1.54, 1.807) is 13.2 Å². The number of pyridine rings is 3. The summed E-state index contributed by atoms with van der Waals surface area (Å²) in [4.78, 5) is 31.0. The van der Waals surface area contributed by atoms with Crippen LogP contribution < -0.4 is 15.0 Å². The van der Waals surface area contributed by atoms with Crippen LogP contribution in [0.4, 0.5) is 5.69 Å². The van der Waals surface area contributed by atoms with Gasteiger partial charge in [-0.1, -0.05) is 11.6 Å². The second-order valence-electron chi connectivity index (χ2n) is 11.0. The molecule has 0 bridgehead atoms. The molecule has 0 spiro atoms. The smallest absolute Gasteiger partial charge is 0.253 e. The lowest BCUT2D eigenvalue weighted by Gasteiger charge is -2.42. The summed E-state index contributed by atoms with van der Waals surface area (Å²) >= 11 is 6.03. The number of ether oxygens (including phenoxy) is 2. The van der Waals surface area contributed by atoms with E-state index in [-0.39, 0.29) is 5.91 Å². The average molecular weight is 595 g/mol. The van der Waals surface area contributed by atoms with Crippen LogP contribution in [0.1, 0.15) is 58.9 Å². The SMILES string of the molecule is COCCOc1ccc(N(Cc2cnccc2C)C2CCN(C(C)CCNC(=O)c3c(C)cc(Cl)nc3C)CC2)cn1. The van der Waals surface area contributed by atoms with Crippen LogP contribution >= 0.6 is 11.6 Å². The van der Waals surface area contributed by atoms with E-state index in [0.717, 1.165) is 50.1 Å². The number of aryl methyl sites for hydroxylation is 3. The number of rotatable bonds is 13. The van der Waals surface area contributed by atoms with Gasteiger partial charge < -0.3 is 24.6 Å². The van der Waals surface area contributed by atoms with Gasteiger partial charge in [0.15, 0.2) is 0 Å². The Labute approximate surface area is 254 Å². The Morgan fingerprint density at radius 1 is 1.14 bits per heavy atom. The number of halogens is 1. The fourth-order valence-corrected chi connectivity index (χ4v) is 5.86. The molecule has 4 rings (SSSR count). The van der Waals surface area contributed by atoms with Crippen molar-refractivity contribution in [3.05, 3.63) is 76.0 Å². The Kier molecular flexibility index (Phi) is 11.5. The van der Waals surface area contributed by atoms with Crippen molar-refractivity contribution >= 4 is 23.2 Å². The van der Waals surface area contributed by atoms with E-state index in [2.05, 4.69) is 56.0 Å². The lowest BCUT2D eigenvalue weighted by molar-refractivity contribution is 0.0943. The molecule has 0 saturated carbocycles. The maximum Gasteiger partial charge on any atom is 0.253 e. The fourth-order valence-electron chi connectivity index (χ4n) is 5.57. The van der Waals surface area contributed by atoms with Crippen LogP contribution in [0.2, 0.25) is 5.15 Å². The number of anilines is 1. The van der Waals surface area contributed by atoms with Gasteiger partial charge in [0.25, 0.3) is 5.91 Å². The highest BCUT2D eigenvalue weighted by atomic mass is 35.5. The Balaban J connectivity index is 1.34. The number of carbonyl (C=O) groups is 1. The number of carbonyl (C=O) groups excluding carboxylic acids is 1.